The summed E-state index contributed by atoms with van der Waals surface area (Å²) in [6.07, 6.45) is 4.34. The van der Waals surface area contributed by atoms with Crippen molar-refractivity contribution in [2.45, 2.75) is 12.5 Å². The molecule has 0 fully saturated rings. The molecule has 0 saturated heterocycles. The van der Waals surface area contributed by atoms with Crippen molar-refractivity contribution >= 4 is 0 Å². The number of rotatable bonds is 6. The summed E-state index contributed by atoms with van der Waals surface area (Å²) in [4.78, 5) is 7.37. The van der Waals surface area contributed by atoms with Gasteiger partial charge in [-0.05, 0) is 25.2 Å². The van der Waals surface area contributed by atoms with E-state index in [1.807, 2.05) is 31.4 Å². The minimum Gasteiger partial charge on any atom is -0.497 e. The minimum absolute atomic E-state index is 0.108. The predicted octanol–water partition coefficient (Wildman–Crippen LogP) is 1.93. The molecule has 2 aromatic rings. The Kier molecular flexibility index (Phi) is 4.41. The number of hydrogen-bond donors (Lipinski definition) is 2. The zero-order chi connectivity index (χ0) is 13.7. The standard InChI is InChI=1S/C14H19N3O2/c1-15-12(9-14-16-6-7-17-14)11-8-10(18-2)4-5-13(11)19-3/h4-8,12,15H,9H2,1-3H3,(H,16,17). The predicted molar refractivity (Wildman–Crippen MR) is 73.6 cm³/mol. The van der Waals surface area contributed by atoms with Gasteiger partial charge >= 0.3 is 0 Å². The molecule has 0 aliphatic carbocycles. The van der Waals surface area contributed by atoms with E-state index in [1.165, 1.54) is 0 Å². The summed E-state index contributed by atoms with van der Waals surface area (Å²) in [5.41, 5.74) is 1.06. The Hall–Kier alpha value is -2.01. The highest BCUT2D eigenvalue weighted by atomic mass is 16.5. The fraction of sp³-hybridized carbons (Fsp3) is 0.357. The lowest BCUT2D eigenvalue weighted by Gasteiger charge is -2.19. The van der Waals surface area contributed by atoms with Gasteiger partial charge in [-0.15, -0.1) is 0 Å². The van der Waals surface area contributed by atoms with Crippen LogP contribution < -0.4 is 14.8 Å². The van der Waals surface area contributed by atoms with Gasteiger partial charge in [0.1, 0.15) is 17.3 Å². The molecule has 0 radical (unpaired) electrons. The SMILES string of the molecule is CNC(Cc1ncc[nH]1)c1cc(OC)ccc1OC. The zero-order valence-corrected chi connectivity index (χ0v) is 11.4. The lowest BCUT2D eigenvalue weighted by molar-refractivity contribution is 0.391. The van der Waals surface area contributed by atoms with Crippen molar-refractivity contribution in [3.05, 3.63) is 42.0 Å². The third-order valence-corrected chi connectivity index (χ3v) is 3.11. The first kappa shape index (κ1) is 13.4. The van der Waals surface area contributed by atoms with Crippen LogP contribution >= 0.6 is 0 Å². The van der Waals surface area contributed by atoms with E-state index in [9.17, 15) is 0 Å². The second-order valence-electron chi connectivity index (χ2n) is 4.19. The Bertz CT molecular complexity index is 511. The molecular formula is C14H19N3O2. The van der Waals surface area contributed by atoms with E-state index in [-0.39, 0.29) is 6.04 Å². The van der Waals surface area contributed by atoms with Crippen LogP contribution in [-0.2, 0) is 6.42 Å². The van der Waals surface area contributed by atoms with E-state index in [2.05, 4.69) is 15.3 Å². The Labute approximate surface area is 113 Å². The van der Waals surface area contributed by atoms with E-state index in [0.717, 1.165) is 29.3 Å². The maximum absolute atomic E-state index is 5.42. The van der Waals surface area contributed by atoms with Crippen LogP contribution in [0.3, 0.4) is 0 Å². The van der Waals surface area contributed by atoms with Crippen molar-refractivity contribution in [2.24, 2.45) is 0 Å². The largest absolute Gasteiger partial charge is 0.497 e. The van der Waals surface area contributed by atoms with Gasteiger partial charge in [0.2, 0.25) is 0 Å². The van der Waals surface area contributed by atoms with Crippen molar-refractivity contribution in [3.63, 3.8) is 0 Å². The number of imidazole rings is 1. The first-order valence-electron chi connectivity index (χ1n) is 6.16. The van der Waals surface area contributed by atoms with E-state index >= 15 is 0 Å². The normalized spacial score (nSPS) is 12.2. The highest BCUT2D eigenvalue weighted by Crippen LogP contribution is 2.30. The molecule has 5 nitrogen and oxygen atoms in total. The van der Waals surface area contributed by atoms with Crippen LogP contribution in [0.4, 0.5) is 0 Å². The first-order chi connectivity index (χ1) is 9.28. The molecule has 102 valence electrons. The average Bonchev–Trinajstić information content (AvgIpc) is 2.97. The smallest absolute Gasteiger partial charge is 0.123 e. The number of methoxy groups -OCH3 is 2. The van der Waals surface area contributed by atoms with Gasteiger partial charge in [-0.3, -0.25) is 0 Å². The van der Waals surface area contributed by atoms with E-state index in [1.54, 1.807) is 20.4 Å². The van der Waals surface area contributed by atoms with E-state index < -0.39 is 0 Å². The van der Waals surface area contributed by atoms with Crippen molar-refractivity contribution in [2.75, 3.05) is 21.3 Å². The first-order valence-corrected chi connectivity index (χ1v) is 6.16. The summed E-state index contributed by atoms with van der Waals surface area (Å²) in [5.74, 6) is 2.59. The quantitative estimate of drug-likeness (QED) is 0.834. The summed E-state index contributed by atoms with van der Waals surface area (Å²) in [6.45, 7) is 0. The molecule has 1 heterocycles. The van der Waals surface area contributed by atoms with Gasteiger partial charge in [-0.1, -0.05) is 0 Å². The highest BCUT2D eigenvalue weighted by molar-refractivity contribution is 5.42. The maximum atomic E-state index is 5.42. The molecule has 2 N–H and O–H groups in total. The van der Waals surface area contributed by atoms with Crippen molar-refractivity contribution in [1.29, 1.82) is 0 Å². The number of aromatic amines is 1. The number of nitrogens with one attached hydrogen (secondary N) is 2. The second kappa shape index (κ2) is 6.24. The summed E-state index contributed by atoms with van der Waals surface area (Å²) in [6, 6.07) is 5.90. The Morgan fingerprint density at radius 2 is 2.16 bits per heavy atom. The van der Waals surface area contributed by atoms with Gasteiger partial charge in [0.15, 0.2) is 0 Å². The Morgan fingerprint density at radius 3 is 2.74 bits per heavy atom. The maximum Gasteiger partial charge on any atom is 0.123 e. The monoisotopic (exact) mass is 261 g/mol. The van der Waals surface area contributed by atoms with E-state index in [0.29, 0.717) is 0 Å². The van der Waals surface area contributed by atoms with Crippen molar-refractivity contribution in [3.8, 4) is 11.5 Å². The molecule has 1 aromatic heterocycles. The van der Waals surface area contributed by atoms with Gasteiger partial charge in [0, 0.05) is 30.4 Å². The lowest BCUT2D eigenvalue weighted by Crippen LogP contribution is -2.20. The zero-order valence-electron chi connectivity index (χ0n) is 11.4. The van der Waals surface area contributed by atoms with Crippen LogP contribution in [0.2, 0.25) is 0 Å². The highest BCUT2D eigenvalue weighted by Gasteiger charge is 2.17. The molecule has 0 aliphatic rings. The molecule has 2 rings (SSSR count). The summed E-state index contributed by atoms with van der Waals surface area (Å²) in [7, 11) is 5.25. The molecule has 0 bridgehead atoms. The topological polar surface area (TPSA) is 59.2 Å². The summed E-state index contributed by atoms with van der Waals surface area (Å²) >= 11 is 0. The van der Waals surface area contributed by atoms with Gasteiger partial charge in [0.25, 0.3) is 0 Å². The van der Waals surface area contributed by atoms with Crippen LogP contribution in [0.1, 0.15) is 17.4 Å². The lowest BCUT2D eigenvalue weighted by atomic mass is 10.0. The molecule has 1 unspecified atom stereocenters. The van der Waals surface area contributed by atoms with Gasteiger partial charge < -0.3 is 19.8 Å². The number of hydrogen-bond acceptors (Lipinski definition) is 4. The van der Waals surface area contributed by atoms with Crippen LogP contribution in [0.5, 0.6) is 11.5 Å². The number of benzene rings is 1. The third kappa shape index (κ3) is 3.06. The molecular weight excluding hydrogens is 242 g/mol. The molecule has 0 aliphatic heterocycles. The van der Waals surface area contributed by atoms with Crippen LogP contribution in [-0.4, -0.2) is 31.2 Å². The number of aromatic nitrogens is 2. The van der Waals surface area contributed by atoms with Crippen LogP contribution in [0.25, 0.3) is 0 Å². The van der Waals surface area contributed by atoms with E-state index in [4.69, 9.17) is 9.47 Å². The Balaban J connectivity index is 2.30. The molecule has 19 heavy (non-hydrogen) atoms. The van der Waals surface area contributed by atoms with Crippen LogP contribution in [0.15, 0.2) is 30.6 Å². The van der Waals surface area contributed by atoms with Crippen LogP contribution in [0, 0.1) is 0 Å². The second-order valence-corrected chi connectivity index (χ2v) is 4.19. The Morgan fingerprint density at radius 1 is 1.32 bits per heavy atom. The average molecular weight is 261 g/mol. The van der Waals surface area contributed by atoms with Crippen molar-refractivity contribution < 1.29 is 9.47 Å². The summed E-state index contributed by atoms with van der Waals surface area (Å²) < 4.78 is 10.7. The van der Waals surface area contributed by atoms with Gasteiger partial charge in [-0.2, -0.15) is 0 Å². The number of ether oxygens (including phenoxy) is 2. The molecule has 0 spiro atoms. The molecule has 1 aromatic carbocycles. The fourth-order valence-corrected chi connectivity index (χ4v) is 2.08. The molecule has 1 atom stereocenters. The van der Waals surface area contributed by atoms with Gasteiger partial charge in [0.05, 0.1) is 14.2 Å². The fourth-order valence-electron chi connectivity index (χ4n) is 2.08. The molecule has 0 amide bonds. The molecule has 5 heteroatoms. The van der Waals surface area contributed by atoms with Crippen molar-refractivity contribution in [1.82, 2.24) is 15.3 Å². The minimum atomic E-state index is 0.108. The summed E-state index contributed by atoms with van der Waals surface area (Å²) in [5, 5.41) is 3.29. The molecule has 0 saturated carbocycles. The van der Waals surface area contributed by atoms with Gasteiger partial charge in [-0.25, -0.2) is 4.98 Å². The number of likely N-dealkylation sites (N-methyl/N-ethyl adjacent to an activating group) is 1. The number of H-pyrrole nitrogens is 1. The third-order valence-electron chi connectivity index (χ3n) is 3.11. The number of nitrogens with zero attached hydrogens (tertiary/aromatic N) is 1.